The minimum Gasteiger partial charge on any atom is -0.275 e. The predicted octanol–water partition coefficient (Wildman–Crippen LogP) is 0.976. The predicted molar refractivity (Wildman–Crippen MR) is 62.2 cm³/mol. The fraction of sp³-hybridized carbons (Fsp3) is 0.444. The van der Waals surface area contributed by atoms with E-state index >= 15 is 0 Å². The lowest BCUT2D eigenvalue weighted by atomic mass is 10.3. The van der Waals surface area contributed by atoms with Crippen molar-refractivity contribution in [1.82, 2.24) is 14.8 Å². The van der Waals surface area contributed by atoms with Crippen LogP contribution in [0.25, 0.3) is 0 Å². The molecule has 17 heavy (non-hydrogen) atoms. The van der Waals surface area contributed by atoms with E-state index < -0.39 is 4.92 Å². The molecule has 0 aliphatic carbocycles. The zero-order valence-electron chi connectivity index (χ0n) is 9.28. The van der Waals surface area contributed by atoms with E-state index in [2.05, 4.69) is 5.10 Å². The fourth-order valence-corrected chi connectivity index (χ4v) is 2.25. The van der Waals surface area contributed by atoms with E-state index in [1.54, 1.807) is 10.9 Å². The molecule has 2 rings (SSSR count). The zero-order chi connectivity index (χ0) is 12.3. The van der Waals surface area contributed by atoms with Crippen LogP contribution in [0.2, 0.25) is 0 Å². The van der Waals surface area contributed by atoms with Gasteiger partial charge in [-0.05, 0) is 0 Å². The lowest BCUT2D eigenvalue weighted by Gasteiger charge is -2.27. The molecule has 1 aliphatic heterocycles. The monoisotopic (exact) mass is 256 g/mol. The molecule has 1 aromatic heterocycles. The number of aromatic nitrogens is 2. The van der Waals surface area contributed by atoms with Crippen molar-refractivity contribution in [2.75, 3.05) is 12.4 Å². The molecule has 0 spiro atoms. The number of thioether (sulfide) groups is 1. The summed E-state index contributed by atoms with van der Waals surface area (Å²) in [5, 5.41) is 16.6. The summed E-state index contributed by atoms with van der Waals surface area (Å²) in [5.74, 6) is 0.725. The molecule has 92 valence electrons. The third-order valence-electron chi connectivity index (χ3n) is 2.13. The Kier molecular flexibility index (Phi) is 3.64. The van der Waals surface area contributed by atoms with E-state index in [4.69, 9.17) is 4.84 Å². The Morgan fingerprint density at radius 2 is 2.59 bits per heavy atom. The number of aryl methyl sites for hydroxylation is 1. The molecule has 7 nitrogen and oxygen atoms in total. The quantitative estimate of drug-likeness (QED) is 0.593. The first-order valence-corrected chi connectivity index (χ1v) is 6.00. The Hall–Kier alpha value is -1.54. The number of rotatable bonds is 3. The molecule has 2 heterocycles. The lowest BCUT2D eigenvalue weighted by molar-refractivity contribution is -0.405. The average Bonchev–Trinajstić information content (AvgIpc) is 2.66. The van der Waals surface area contributed by atoms with Crippen LogP contribution in [0.3, 0.4) is 0 Å². The van der Waals surface area contributed by atoms with E-state index in [1.165, 1.54) is 16.8 Å². The molecular formula is C9H12N4O3S. The van der Waals surface area contributed by atoms with Gasteiger partial charge in [0.05, 0.1) is 24.3 Å². The normalized spacial score (nSPS) is 18.6. The fourth-order valence-electron chi connectivity index (χ4n) is 1.46. The summed E-state index contributed by atoms with van der Waals surface area (Å²) in [5.41, 5.74) is 0.948. The summed E-state index contributed by atoms with van der Waals surface area (Å²) in [6.45, 7) is 1.01. The molecule has 0 unspecified atom stereocenters. The SMILES string of the molecule is Cn1cc(CN2OCCSC2=C[N+](=O)[O-])cn1. The minimum atomic E-state index is -0.465. The van der Waals surface area contributed by atoms with E-state index in [-0.39, 0.29) is 0 Å². The van der Waals surface area contributed by atoms with E-state index in [0.717, 1.165) is 17.5 Å². The van der Waals surface area contributed by atoms with Crippen LogP contribution in [-0.4, -0.2) is 32.1 Å². The highest BCUT2D eigenvalue weighted by atomic mass is 32.2. The third kappa shape index (κ3) is 3.21. The van der Waals surface area contributed by atoms with Crippen LogP contribution in [-0.2, 0) is 18.4 Å². The molecule has 0 saturated carbocycles. The van der Waals surface area contributed by atoms with Gasteiger partial charge in [0.2, 0.25) is 0 Å². The van der Waals surface area contributed by atoms with Crippen LogP contribution in [0, 0.1) is 10.1 Å². The largest absolute Gasteiger partial charge is 0.275 e. The number of hydroxylamine groups is 2. The Morgan fingerprint density at radius 3 is 3.24 bits per heavy atom. The first-order chi connectivity index (χ1) is 8.15. The molecule has 0 bridgehead atoms. The Balaban J connectivity index is 2.09. The third-order valence-corrected chi connectivity index (χ3v) is 3.10. The second-order valence-electron chi connectivity index (χ2n) is 3.49. The smallest absolute Gasteiger partial charge is 0.266 e. The summed E-state index contributed by atoms with van der Waals surface area (Å²) in [7, 11) is 1.82. The summed E-state index contributed by atoms with van der Waals surface area (Å²) in [6.07, 6.45) is 4.54. The Morgan fingerprint density at radius 1 is 1.76 bits per heavy atom. The van der Waals surface area contributed by atoms with Gasteiger partial charge in [-0.1, -0.05) is 11.8 Å². The van der Waals surface area contributed by atoms with Crippen molar-refractivity contribution < 1.29 is 9.76 Å². The molecule has 1 aliphatic rings. The Bertz CT molecular complexity index is 445. The molecule has 0 N–H and O–H groups in total. The molecule has 0 atom stereocenters. The van der Waals surface area contributed by atoms with Crippen LogP contribution in [0.1, 0.15) is 5.56 Å². The van der Waals surface area contributed by atoms with Gasteiger partial charge >= 0.3 is 0 Å². The van der Waals surface area contributed by atoms with Gasteiger partial charge in [0, 0.05) is 24.6 Å². The molecule has 0 radical (unpaired) electrons. The maximum atomic E-state index is 10.5. The number of hydrogen-bond donors (Lipinski definition) is 0. The first kappa shape index (κ1) is 11.9. The van der Waals surface area contributed by atoms with Crippen molar-refractivity contribution in [2.24, 2.45) is 7.05 Å². The maximum absolute atomic E-state index is 10.5. The zero-order valence-corrected chi connectivity index (χ0v) is 10.1. The molecule has 1 saturated heterocycles. The van der Waals surface area contributed by atoms with Gasteiger partial charge in [-0.25, -0.2) is 5.06 Å². The van der Waals surface area contributed by atoms with E-state index in [1.807, 2.05) is 13.2 Å². The highest BCUT2D eigenvalue weighted by Crippen LogP contribution is 2.26. The molecular weight excluding hydrogens is 244 g/mol. The second kappa shape index (κ2) is 5.19. The van der Waals surface area contributed by atoms with Crippen LogP contribution in [0.15, 0.2) is 23.6 Å². The van der Waals surface area contributed by atoms with Gasteiger partial charge in [-0.2, -0.15) is 5.10 Å². The van der Waals surface area contributed by atoms with Crippen molar-refractivity contribution in [3.05, 3.63) is 39.3 Å². The van der Waals surface area contributed by atoms with Crippen molar-refractivity contribution in [3.8, 4) is 0 Å². The summed E-state index contributed by atoms with van der Waals surface area (Å²) < 4.78 is 1.68. The van der Waals surface area contributed by atoms with Crippen molar-refractivity contribution in [2.45, 2.75) is 6.54 Å². The van der Waals surface area contributed by atoms with Crippen molar-refractivity contribution >= 4 is 11.8 Å². The topological polar surface area (TPSA) is 73.4 Å². The summed E-state index contributed by atoms with van der Waals surface area (Å²) in [4.78, 5) is 15.4. The maximum Gasteiger partial charge on any atom is 0.266 e. The van der Waals surface area contributed by atoms with Gasteiger partial charge in [0.25, 0.3) is 6.20 Å². The van der Waals surface area contributed by atoms with Gasteiger partial charge in [-0.15, -0.1) is 0 Å². The summed E-state index contributed by atoms with van der Waals surface area (Å²) in [6, 6.07) is 0. The van der Waals surface area contributed by atoms with Gasteiger partial charge in [-0.3, -0.25) is 19.6 Å². The Labute approximate surface area is 102 Å². The van der Waals surface area contributed by atoms with E-state index in [0.29, 0.717) is 18.2 Å². The molecule has 1 fully saturated rings. The van der Waals surface area contributed by atoms with Crippen LogP contribution in [0.5, 0.6) is 0 Å². The average molecular weight is 256 g/mol. The highest BCUT2D eigenvalue weighted by molar-refractivity contribution is 8.03. The van der Waals surface area contributed by atoms with Crippen molar-refractivity contribution in [3.63, 3.8) is 0 Å². The highest BCUT2D eigenvalue weighted by Gasteiger charge is 2.20. The van der Waals surface area contributed by atoms with Crippen molar-refractivity contribution in [1.29, 1.82) is 0 Å². The number of nitrogens with zero attached hydrogens (tertiary/aromatic N) is 4. The lowest BCUT2D eigenvalue weighted by Crippen LogP contribution is -2.27. The van der Waals surface area contributed by atoms with Gasteiger partial charge < -0.3 is 0 Å². The molecule has 0 amide bonds. The number of nitro groups is 1. The molecule has 1 aromatic rings. The van der Waals surface area contributed by atoms with E-state index in [9.17, 15) is 10.1 Å². The molecule has 0 aromatic carbocycles. The first-order valence-electron chi connectivity index (χ1n) is 5.01. The minimum absolute atomic E-state index is 0.459. The second-order valence-corrected chi connectivity index (χ2v) is 4.61. The summed E-state index contributed by atoms with van der Waals surface area (Å²) >= 11 is 1.42. The van der Waals surface area contributed by atoms with Crippen LogP contribution < -0.4 is 0 Å². The van der Waals surface area contributed by atoms with Crippen LogP contribution >= 0.6 is 11.8 Å². The molecule has 8 heteroatoms. The standard InChI is InChI=1S/C9H12N4O3S/c1-11-5-8(4-10-11)6-12-9(7-13(14)15)17-3-2-16-12/h4-5,7H,2-3,6H2,1H3. The number of hydrogen-bond acceptors (Lipinski definition) is 6. The van der Waals surface area contributed by atoms with Gasteiger partial charge in [0.1, 0.15) is 0 Å². The van der Waals surface area contributed by atoms with Crippen LogP contribution in [0.4, 0.5) is 0 Å². The van der Waals surface area contributed by atoms with Gasteiger partial charge in [0.15, 0.2) is 5.03 Å².